The van der Waals surface area contributed by atoms with E-state index in [1.54, 1.807) is 0 Å². The van der Waals surface area contributed by atoms with E-state index in [4.69, 9.17) is 4.74 Å². The van der Waals surface area contributed by atoms with Crippen LogP contribution in [0, 0.1) is 23.0 Å². The van der Waals surface area contributed by atoms with Crippen molar-refractivity contribution >= 4 is 22.4 Å². The van der Waals surface area contributed by atoms with Crippen molar-refractivity contribution in [2.45, 2.75) is 0 Å². The molecular formula is C20H12F2N4O. The van der Waals surface area contributed by atoms with E-state index in [0.29, 0.717) is 5.82 Å². The van der Waals surface area contributed by atoms with Gasteiger partial charge >= 0.3 is 0 Å². The molecule has 0 aliphatic heterocycles. The van der Waals surface area contributed by atoms with Crippen LogP contribution in [0.15, 0.2) is 60.8 Å². The molecule has 7 heteroatoms. The zero-order chi connectivity index (χ0) is 18.8. The summed E-state index contributed by atoms with van der Waals surface area (Å²) in [4.78, 5) is 7.29. The number of aromatic amines is 1. The van der Waals surface area contributed by atoms with Gasteiger partial charge in [-0.1, -0.05) is 6.07 Å². The molecule has 0 saturated carbocycles. The minimum Gasteiger partial charge on any atom is -0.454 e. The Bertz CT molecular complexity index is 1180. The monoisotopic (exact) mass is 362 g/mol. The van der Waals surface area contributed by atoms with Gasteiger partial charge < -0.3 is 15.0 Å². The van der Waals surface area contributed by atoms with Gasteiger partial charge in [0.15, 0.2) is 11.6 Å². The van der Waals surface area contributed by atoms with Crippen LogP contribution in [0.2, 0.25) is 0 Å². The SMILES string of the molecule is N#Cc1cc(Oc2ccc(F)cc2F)cc(Nc2ccc3cc[nH]c3c2)n1. The molecule has 5 nitrogen and oxygen atoms in total. The van der Waals surface area contributed by atoms with Crippen molar-refractivity contribution in [1.82, 2.24) is 9.97 Å². The van der Waals surface area contributed by atoms with E-state index in [0.717, 1.165) is 28.7 Å². The molecule has 4 rings (SSSR count). The third-order valence-electron chi connectivity index (χ3n) is 3.86. The minimum absolute atomic E-state index is 0.0958. The van der Waals surface area contributed by atoms with Crippen LogP contribution in [0.3, 0.4) is 0 Å². The molecule has 132 valence electrons. The van der Waals surface area contributed by atoms with Gasteiger partial charge in [-0.15, -0.1) is 0 Å². The van der Waals surface area contributed by atoms with E-state index in [1.165, 1.54) is 18.2 Å². The summed E-state index contributed by atoms with van der Waals surface area (Å²) < 4.78 is 32.3. The Balaban J connectivity index is 1.64. The number of nitriles is 1. The van der Waals surface area contributed by atoms with E-state index in [9.17, 15) is 14.0 Å². The van der Waals surface area contributed by atoms with Gasteiger partial charge in [0.1, 0.15) is 29.1 Å². The van der Waals surface area contributed by atoms with Crippen LogP contribution in [-0.4, -0.2) is 9.97 Å². The maximum Gasteiger partial charge on any atom is 0.168 e. The number of rotatable bonds is 4. The third-order valence-corrected chi connectivity index (χ3v) is 3.86. The third kappa shape index (κ3) is 3.55. The van der Waals surface area contributed by atoms with E-state index in [-0.39, 0.29) is 17.2 Å². The molecule has 2 N–H and O–H groups in total. The molecule has 4 aromatic rings. The highest BCUT2D eigenvalue weighted by Gasteiger charge is 2.10. The van der Waals surface area contributed by atoms with Gasteiger partial charge in [-0.05, 0) is 35.7 Å². The maximum atomic E-state index is 13.8. The maximum absolute atomic E-state index is 13.8. The van der Waals surface area contributed by atoms with Crippen LogP contribution in [-0.2, 0) is 0 Å². The summed E-state index contributed by atoms with van der Waals surface area (Å²) in [5.41, 5.74) is 1.80. The van der Waals surface area contributed by atoms with E-state index >= 15 is 0 Å². The number of hydrogen-bond acceptors (Lipinski definition) is 4. The van der Waals surface area contributed by atoms with Crippen LogP contribution >= 0.6 is 0 Å². The molecule has 0 amide bonds. The summed E-state index contributed by atoms with van der Waals surface area (Å²) in [6.45, 7) is 0. The first kappa shape index (κ1) is 16.5. The average Bonchev–Trinajstić information content (AvgIpc) is 3.11. The van der Waals surface area contributed by atoms with Crippen molar-refractivity contribution in [2.24, 2.45) is 0 Å². The fourth-order valence-corrected chi connectivity index (χ4v) is 2.64. The highest BCUT2D eigenvalue weighted by Crippen LogP contribution is 2.28. The number of ether oxygens (including phenoxy) is 1. The smallest absolute Gasteiger partial charge is 0.168 e. The molecule has 0 atom stereocenters. The second-order valence-corrected chi connectivity index (χ2v) is 5.77. The zero-order valence-electron chi connectivity index (χ0n) is 13.8. The van der Waals surface area contributed by atoms with Gasteiger partial charge in [0.2, 0.25) is 0 Å². The first-order valence-corrected chi connectivity index (χ1v) is 8.00. The second-order valence-electron chi connectivity index (χ2n) is 5.77. The number of H-pyrrole nitrogens is 1. The quantitative estimate of drug-likeness (QED) is 0.520. The van der Waals surface area contributed by atoms with Crippen LogP contribution in [0.1, 0.15) is 5.69 Å². The van der Waals surface area contributed by atoms with Gasteiger partial charge in [-0.25, -0.2) is 13.8 Å². The van der Waals surface area contributed by atoms with Gasteiger partial charge in [-0.2, -0.15) is 5.26 Å². The minimum atomic E-state index is -0.836. The number of fused-ring (bicyclic) bond motifs is 1. The molecule has 0 aliphatic carbocycles. The Hall–Kier alpha value is -3.92. The van der Waals surface area contributed by atoms with Crippen LogP contribution in [0.5, 0.6) is 11.5 Å². The van der Waals surface area contributed by atoms with Crippen LogP contribution in [0.25, 0.3) is 10.9 Å². The molecular weight excluding hydrogens is 350 g/mol. The first-order valence-electron chi connectivity index (χ1n) is 8.00. The van der Waals surface area contributed by atoms with Gasteiger partial charge in [0.25, 0.3) is 0 Å². The highest BCUT2D eigenvalue weighted by molar-refractivity contribution is 5.83. The lowest BCUT2D eigenvalue weighted by Gasteiger charge is -2.10. The fraction of sp³-hybridized carbons (Fsp3) is 0. The molecule has 0 unspecified atom stereocenters. The standard InChI is InChI=1S/C20H12F2N4O/c21-13-2-4-19(17(22)7-13)27-16-8-15(11-23)26-20(10-16)25-14-3-1-12-5-6-24-18(12)9-14/h1-10,24H,(H,25,26). The summed E-state index contributed by atoms with van der Waals surface area (Å²) in [7, 11) is 0. The Labute approximate surface area is 152 Å². The number of pyridine rings is 1. The Morgan fingerprint density at radius 2 is 1.93 bits per heavy atom. The number of benzene rings is 2. The number of hydrogen-bond donors (Lipinski definition) is 2. The molecule has 0 radical (unpaired) electrons. The fourth-order valence-electron chi connectivity index (χ4n) is 2.64. The van der Waals surface area contributed by atoms with Crippen molar-refractivity contribution in [2.75, 3.05) is 5.32 Å². The van der Waals surface area contributed by atoms with Gasteiger partial charge in [0, 0.05) is 35.6 Å². The lowest BCUT2D eigenvalue weighted by molar-refractivity contribution is 0.437. The van der Waals surface area contributed by atoms with Gasteiger partial charge in [0.05, 0.1) is 0 Å². The second kappa shape index (κ2) is 6.77. The molecule has 2 aromatic carbocycles. The molecule has 0 spiro atoms. The lowest BCUT2D eigenvalue weighted by atomic mass is 10.2. The number of halogens is 2. The Kier molecular flexibility index (Phi) is 4.15. The lowest BCUT2D eigenvalue weighted by Crippen LogP contribution is -1.97. The zero-order valence-corrected chi connectivity index (χ0v) is 13.8. The van der Waals surface area contributed by atoms with Crippen molar-refractivity contribution < 1.29 is 13.5 Å². The van der Waals surface area contributed by atoms with E-state index in [2.05, 4.69) is 15.3 Å². The molecule has 0 aliphatic rings. The summed E-state index contributed by atoms with van der Waals surface area (Å²) >= 11 is 0. The topological polar surface area (TPSA) is 73.7 Å². The predicted molar refractivity (Wildman–Crippen MR) is 97.0 cm³/mol. The summed E-state index contributed by atoms with van der Waals surface area (Å²) in [5, 5.41) is 13.4. The number of nitrogens with one attached hydrogen (secondary N) is 2. The Morgan fingerprint density at radius 3 is 2.74 bits per heavy atom. The predicted octanol–water partition coefficient (Wildman–Crippen LogP) is 5.25. The molecule has 2 aromatic heterocycles. The summed E-state index contributed by atoms with van der Waals surface area (Å²) in [6, 6.07) is 15.5. The molecule has 0 fully saturated rings. The normalized spacial score (nSPS) is 10.6. The van der Waals surface area contributed by atoms with Crippen molar-refractivity contribution in [3.63, 3.8) is 0 Å². The highest BCUT2D eigenvalue weighted by atomic mass is 19.1. The Morgan fingerprint density at radius 1 is 1.04 bits per heavy atom. The van der Waals surface area contributed by atoms with Crippen molar-refractivity contribution in [1.29, 1.82) is 5.26 Å². The summed E-state index contributed by atoms with van der Waals surface area (Å²) in [6.07, 6.45) is 1.84. The largest absolute Gasteiger partial charge is 0.454 e. The first-order chi connectivity index (χ1) is 13.1. The molecule has 2 heterocycles. The average molecular weight is 362 g/mol. The molecule has 27 heavy (non-hydrogen) atoms. The van der Waals surface area contributed by atoms with Crippen LogP contribution < -0.4 is 10.1 Å². The van der Waals surface area contributed by atoms with Gasteiger partial charge in [-0.3, -0.25) is 0 Å². The van der Waals surface area contributed by atoms with Crippen LogP contribution in [0.4, 0.5) is 20.3 Å². The van der Waals surface area contributed by atoms with E-state index < -0.39 is 11.6 Å². The number of anilines is 2. The van der Waals surface area contributed by atoms with Crippen molar-refractivity contribution in [3.05, 3.63) is 78.1 Å². The van der Waals surface area contributed by atoms with Crippen molar-refractivity contribution in [3.8, 4) is 17.6 Å². The molecule has 0 saturated heterocycles. The number of nitrogens with zero attached hydrogens (tertiary/aromatic N) is 2. The van der Waals surface area contributed by atoms with E-state index in [1.807, 2.05) is 36.5 Å². The molecule has 0 bridgehead atoms. The number of aromatic nitrogens is 2. The summed E-state index contributed by atoms with van der Waals surface area (Å²) in [5.74, 6) is -1.12.